The van der Waals surface area contributed by atoms with Gasteiger partial charge in [-0.2, -0.15) is 13.2 Å². The fourth-order valence-electron chi connectivity index (χ4n) is 2.31. The molecule has 3 N–H and O–H groups in total. The molecule has 2 rings (SSSR count). The molecular weight excluding hydrogens is 243 g/mol. The minimum Gasteiger partial charge on any atom is -0.369 e. The molecule has 1 fully saturated rings. The van der Waals surface area contributed by atoms with E-state index in [4.69, 9.17) is 5.73 Å². The summed E-state index contributed by atoms with van der Waals surface area (Å²) in [6.07, 6.45) is -0.245. The normalized spacial score (nSPS) is 24.2. The van der Waals surface area contributed by atoms with Crippen LogP contribution in [0.3, 0.4) is 0 Å². The molecule has 0 bridgehead atoms. The molecule has 18 heavy (non-hydrogen) atoms. The van der Waals surface area contributed by atoms with Crippen LogP contribution in [-0.2, 0) is 6.18 Å². The highest BCUT2D eigenvalue weighted by atomic mass is 19.4. The van der Waals surface area contributed by atoms with E-state index in [2.05, 4.69) is 10.3 Å². The summed E-state index contributed by atoms with van der Waals surface area (Å²) < 4.78 is 38.1. The second-order valence-corrected chi connectivity index (χ2v) is 4.72. The van der Waals surface area contributed by atoms with Gasteiger partial charge in [0.05, 0.1) is 5.56 Å². The SMILES string of the molecule is NC1CCC(CNc2ncccc2C(F)(F)F)C1. The number of alkyl halides is 3. The summed E-state index contributed by atoms with van der Waals surface area (Å²) in [5, 5.41) is 2.80. The zero-order valence-corrected chi connectivity index (χ0v) is 9.87. The number of halogens is 3. The van der Waals surface area contributed by atoms with Crippen LogP contribution in [0, 0.1) is 5.92 Å². The van der Waals surface area contributed by atoms with E-state index < -0.39 is 11.7 Å². The predicted octanol–water partition coefficient (Wildman–Crippen LogP) is 2.64. The monoisotopic (exact) mass is 259 g/mol. The molecule has 2 atom stereocenters. The molecule has 6 heteroatoms. The van der Waals surface area contributed by atoms with Crippen LogP contribution in [0.15, 0.2) is 18.3 Å². The molecule has 0 aromatic carbocycles. The quantitative estimate of drug-likeness (QED) is 0.877. The first kappa shape index (κ1) is 13.1. The molecule has 0 spiro atoms. The second kappa shape index (κ2) is 5.14. The molecule has 1 saturated carbocycles. The number of nitrogens with two attached hydrogens (primary N) is 1. The highest BCUT2D eigenvalue weighted by Crippen LogP contribution is 2.34. The van der Waals surface area contributed by atoms with Crippen LogP contribution in [-0.4, -0.2) is 17.6 Å². The van der Waals surface area contributed by atoms with E-state index in [9.17, 15) is 13.2 Å². The van der Waals surface area contributed by atoms with Gasteiger partial charge in [0.25, 0.3) is 0 Å². The van der Waals surface area contributed by atoms with Crippen LogP contribution < -0.4 is 11.1 Å². The van der Waals surface area contributed by atoms with Gasteiger partial charge in [-0.25, -0.2) is 4.98 Å². The average molecular weight is 259 g/mol. The number of anilines is 1. The van der Waals surface area contributed by atoms with Crippen LogP contribution >= 0.6 is 0 Å². The minimum atomic E-state index is -4.37. The first-order chi connectivity index (χ1) is 8.47. The zero-order chi connectivity index (χ0) is 13.2. The first-order valence-electron chi connectivity index (χ1n) is 5.98. The molecule has 100 valence electrons. The smallest absolute Gasteiger partial charge is 0.369 e. The van der Waals surface area contributed by atoms with Crippen molar-refractivity contribution >= 4 is 5.82 Å². The summed E-state index contributed by atoms with van der Waals surface area (Å²) >= 11 is 0. The Hall–Kier alpha value is -1.30. The van der Waals surface area contributed by atoms with Crippen LogP contribution in [0.1, 0.15) is 24.8 Å². The lowest BCUT2D eigenvalue weighted by Crippen LogP contribution is -2.19. The van der Waals surface area contributed by atoms with Crippen LogP contribution in [0.4, 0.5) is 19.0 Å². The Morgan fingerprint density at radius 1 is 1.39 bits per heavy atom. The van der Waals surface area contributed by atoms with Crippen molar-refractivity contribution in [2.45, 2.75) is 31.5 Å². The van der Waals surface area contributed by atoms with Gasteiger partial charge in [-0.15, -0.1) is 0 Å². The Kier molecular flexibility index (Phi) is 3.75. The van der Waals surface area contributed by atoms with Gasteiger partial charge >= 0.3 is 6.18 Å². The number of nitrogens with zero attached hydrogens (tertiary/aromatic N) is 1. The van der Waals surface area contributed by atoms with Gasteiger partial charge in [-0.3, -0.25) is 0 Å². The van der Waals surface area contributed by atoms with E-state index in [0.29, 0.717) is 12.5 Å². The summed E-state index contributed by atoms with van der Waals surface area (Å²) in [7, 11) is 0. The van der Waals surface area contributed by atoms with Crippen molar-refractivity contribution in [1.29, 1.82) is 0 Å². The van der Waals surface area contributed by atoms with Crippen LogP contribution in [0.5, 0.6) is 0 Å². The Labute approximate surface area is 104 Å². The maximum absolute atomic E-state index is 12.7. The van der Waals surface area contributed by atoms with Crippen molar-refractivity contribution < 1.29 is 13.2 Å². The van der Waals surface area contributed by atoms with Gasteiger partial charge in [0.2, 0.25) is 0 Å². The summed E-state index contributed by atoms with van der Waals surface area (Å²) in [6.45, 7) is 0.494. The molecule has 0 saturated heterocycles. The number of rotatable bonds is 3. The summed E-state index contributed by atoms with van der Waals surface area (Å²) in [6, 6.07) is 2.51. The maximum Gasteiger partial charge on any atom is 0.419 e. The number of hydrogen-bond donors (Lipinski definition) is 2. The lowest BCUT2D eigenvalue weighted by atomic mass is 10.1. The van der Waals surface area contributed by atoms with Crippen LogP contribution in [0.25, 0.3) is 0 Å². The third-order valence-electron chi connectivity index (χ3n) is 3.25. The second-order valence-electron chi connectivity index (χ2n) is 4.72. The minimum absolute atomic E-state index is 0.0922. The summed E-state index contributed by atoms with van der Waals surface area (Å²) in [5.41, 5.74) is 5.05. The summed E-state index contributed by atoms with van der Waals surface area (Å²) in [5.74, 6) is 0.244. The number of hydrogen-bond acceptors (Lipinski definition) is 3. The van der Waals surface area contributed by atoms with E-state index in [0.717, 1.165) is 25.3 Å². The average Bonchev–Trinajstić information content (AvgIpc) is 2.72. The predicted molar refractivity (Wildman–Crippen MR) is 63.0 cm³/mol. The molecule has 0 aliphatic heterocycles. The molecule has 0 radical (unpaired) electrons. The van der Waals surface area contributed by atoms with E-state index >= 15 is 0 Å². The van der Waals surface area contributed by atoms with Crippen molar-refractivity contribution in [3.8, 4) is 0 Å². The fraction of sp³-hybridized carbons (Fsp3) is 0.583. The van der Waals surface area contributed by atoms with Crippen molar-refractivity contribution in [1.82, 2.24) is 4.98 Å². The van der Waals surface area contributed by atoms with Gasteiger partial charge in [-0.05, 0) is 37.3 Å². The van der Waals surface area contributed by atoms with E-state index in [1.165, 1.54) is 12.3 Å². The fourth-order valence-corrected chi connectivity index (χ4v) is 2.31. The topological polar surface area (TPSA) is 50.9 Å². The Bertz CT molecular complexity index is 406. The number of pyridine rings is 1. The van der Waals surface area contributed by atoms with Gasteiger partial charge in [0.1, 0.15) is 5.82 Å². The number of nitrogens with one attached hydrogen (secondary N) is 1. The highest BCUT2D eigenvalue weighted by molar-refractivity contribution is 5.45. The highest BCUT2D eigenvalue weighted by Gasteiger charge is 2.34. The third-order valence-corrected chi connectivity index (χ3v) is 3.25. The Balaban J connectivity index is 2.01. The molecule has 0 amide bonds. The Morgan fingerprint density at radius 2 is 2.17 bits per heavy atom. The molecule has 1 aliphatic rings. The molecule has 3 nitrogen and oxygen atoms in total. The van der Waals surface area contributed by atoms with E-state index in [-0.39, 0.29) is 11.9 Å². The molecule has 2 unspecified atom stereocenters. The zero-order valence-electron chi connectivity index (χ0n) is 9.87. The van der Waals surface area contributed by atoms with Crippen LogP contribution in [0.2, 0.25) is 0 Å². The van der Waals surface area contributed by atoms with Crippen molar-refractivity contribution in [3.05, 3.63) is 23.9 Å². The van der Waals surface area contributed by atoms with E-state index in [1.54, 1.807) is 0 Å². The van der Waals surface area contributed by atoms with Gasteiger partial charge in [0.15, 0.2) is 0 Å². The maximum atomic E-state index is 12.7. The van der Waals surface area contributed by atoms with Gasteiger partial charge in [-0.1, -0.05) is 0 Å². The molecular formula is C12H16F3N3. The molecule has 1 aromatic heterocycles. The molecule has 1 aliphatic carbocycles. The number of aromatic nitrogens is 1. The first-order valence-corrected chi connectivity index (χ1v) is 5.98. The molecule has 1 heterocycles. The third kappa shape index (κ3) is 3.13. The standard InChI is InChI=1S/C12H16F3N3/c13-12(14,15)10-2-1-5-17-11(10)18-7-8-3-4-9(16)6-8/h1-2,5,8-9H,3-4,6-7,16H2,(H,17,18). The lowest BCUT2D eigenvalue weighted by molar-refractivity contribution is -0.137. The largest absolute Gasteiger partial charge is 0.419 e. The molecule has 1 aromatic rings. The van der Waals surface area contributed by atoms with Crippen molar-refractivity contribution in [2.75, 3.05) is 11.9 Å². The Morgan fingerprint density at radius 3 is 2.78 bits per heavy atom. The van der Waals surface area contributed by atoms with Gasteiger partial charge in [0, 0.05) is 18.8 Å². The van der Waals surface area contributed by atoms with Crippen molar-refractivity contribution in [2.24, 2.45) is 11.7 Å². The summed E-state index contributed by atoms with van der Waals surface area (Å²) in [4.78, 5) is 3.76. The van der Waals surface area contributed by atoms with E-state index in [1.807, 2.05) is 0 Å². The lowest BCUT2D eigenvalue weighted by Gasteiger charge is -2.15. The van der Waals surface area contributed by atoms with Gasteiger partial charge < -0.3 is 11.1 Å². The van der Waals surface area contributed by atoms with Crippen molar-refractivity contribution in [3.63, 3.8) is 0 Å².